The SMILES string of the molecule is CN=C(NCCCc1c(C)noc1C)NCC1CCCOC1C(C)(C)C. The largest absolute Gasteiger partial charge is 0.377 e. The van der Waals surface area contributed by atoms with Crippen LogP contribution >= 0.6 is 0 Å². The number of hydrogen-bond acceptors (Lipinski definition) is 4. The molecule has 1 aliphatic heterocycles. The molecule has 6 heteroatoms. The number of aromatic nitrogens is 1. The highest BCUT2D eigenvalue weighted by atomic mass is 16.5. The van der Waals surface area contributed by atoms with Crippen molar-refractivity contribution in [3.63, 3.8) is 0 Å². The normalized spacial score (nSPS) is 21.7. The number of nitrogens with one attached hydrogen (secondary N) is 2. The second kappa shape index (κ2) is 9.40. The second-order valence-electron chi connectivity index (χ2n) is 8.35. The van der Waals surface area contributed by atoms with E-state index in [1.54, 1.807) is 0 Å². The standard InChI is InChI=1S/C20H36N4O2/c1-14-17(15(2)26-24-14)10-7-11-22-19(21-6)23-13-16-9-8-12-25-18(16)20(3,4)5/h16,18H,7-13H2,1-6H3,(H2,21,22,23). The number of ether oxygens (including phenoxy) is 1. The van der Waals surface area contributed by atoms with Gasteiger partial charge in [0.05, 0.1) is 11.8 Å². The molecule has 0 saturated carbocycles. The van der Waals surface area contributed by atoms with Crippen molar-refractivity contribution in [2.75, 3.05) is 26.7 Å². The molecule has 0 bridgehead atoms. The van der Waals surface area contributed by atoms with E-state index in [1.807, 2.05) is 20.9 Å². The zero-order chi connectivity index (χ0) is 19.2. The Balaban J connectivity index is 1.75. The third-order valence-corrected chi connectivity index (χ3v) is 5.13. The molecule has 6 nitrogen and oxygen atoms in total. The summed E-state index contributed by atoms with van der Waals surface area (Å²) >= 11 is 0. The van der Waals surface area contributed by atoms with Gasteiger partial charge < -0.3 is 19.9 Å². The van der Waals surface area contributed by atoms with Crippen molar-refractivity contribution >= 4 is 5.96 Å². The predicted molar refractivity (Wildman–Crippen MR) is 106 cm³/mol. The molecule has 0 aliphatic carbocycles. The summed E-state index contributed by atoms with van der Waals surface area (Å²) in [5.74, 6) is 2.31. The molecule has 148 valence electrons. The molecule has 2 N–H and O–H groups in total. The molecule has 26 heavy (non-hydrogen) atoms. The van der Waals surface area contributed by atoms with E-state index in [0.717, 1.165) is 56.4 Å². The van der Waals surface area contributed by atoms with Gasteiger partial charge in [0.25, 0.3) is 0 Å². The Morgan fingerprint density at radius 3 is 2.65 bits per heavy atom. The summed E-state index contributed by atoms with van der Waals surface area (Å²) in [5, 5.41) is 10.9. The van der Waals surface area contributed by atoms with Crippen molar-refractivity contribution in [2.24, 2.45) is 16.3 Å². The average Bonchev–Trinajstić information content (AvgIpc) is 2.92. The molecule has 1 saturated heterocycles. The Labute approximate surface area is 158 Å². The highest BCUT2D eigenvalue weighted by Gasteiger charge is 2.35. The summed E-state index contributed by atoms with van der Waals surface area (Å²) in [6, 6.07) is 0. The van der Waals surface area contributed by atoms with Crippen LogP contribution < -0.4 is 10.6 Å². The molecule has 1 fully saturated rings. The lowest BCUT2D eigenvalue weighted by Crippen LogP contribution is -2.47. The van der Waals surface area contributed by atoms with Crippen LogP contribution in [0.25, 0.3) is 0 Å². The lowest BCUT2D eigenvalue weighted by Gasteiger charge is -2.40. The summed E-state index contributed by atoms with van der Waals surface area (Å²) in [5.41, 5.74) is 2.38. The average molecular weight is 365 g/mol. The van der Waals surface area contributed by atoms with Crippen molar-refractivity contribution in [3.8, 4) is 0 Å². The lowest BCUT2D eigenvalue weighted by atomic mass is 9.78. The first-order valence-electron chi connectivity index (χ1n) is 9.80. The third-order valence-electron chi connectivity index (χ3n) is 5.13. The van der Waals surface area contributed by atoms with E-state index in [2.05, 4.69) is 41.6 Å². The smallest absolute Gasteiger partial charge is 0.190 e. The van der Waals surface area contributed by atoms with E-state index >= 15 is 0 Å². The summed E-state index contributed by atoms with van der Waals surface area (Å²) in [6.45, 7) is 13.4. The highest BCUT2D eigenvalue weighted by Crippen LogP contribution is 2.33. The van der Waals surface area contributed by atoms with Crippen LogP contribution in [0.3, 0.4) is 0 Å². The first-order chi connectivity index (χ1) is 12.3. The molecule has 2 rings (SSSR count). The molecule has 1 aliphatic rings. The minimum atomic E-state index is 0.165. The lowest BCUT2D eigenvalue weighted by molar-refractivity contribution is -0.0835. The van der Waals surface area contributed by atoms with Gasteiger partial charge in [0.1, 0.15) is 5.76 Å². The van der Waals surface area contributed by atoms with Gasteiger partial charge in [0.2, 0.25) is 0 Å². The molecule has 0 amide bonds. The Hall–Kier alpha value is -1.56. The number of rotatable bonds is 6. The molecular formula is C20H36N4O2. The molecule has 0 spiro atoms. The fraction of sp³-hybridized carbons (Fsp3) is 0.800. The van der Waals surface area contributed by atoms with Crippen LogP contribution in [-0.2, 0) is 11.2 Å². The quantitative estimate of drug-likeness (QED) is 0.461. The van der Waals surface area contributed by atoms with E-state index < -0.39 is 0 Å². The van der Waals surface area contributed by atoms with Crippen LogP contribution in [0.15, 0.2) is 9.52 Å². The molecule has 1 aromatic rings. The fourth-order valence-electron chi connectivity index (χ4n) is 3.79. The van der Waals surface area contributed by atoms with Crippen molar-refractivity contribution in [3.05, 3.63) is 17.0 Å². The van der Waals surface area contributed by atoms with Crippen molar-refractivity contribution in [1.29, 1.82) is 0 Å². The zero-order valence-corrected chi connectivity index (χ0v) is 17.3. The van der Waals surface area contributed by atoms with Crippen LogP contribution in [0.4, 0.5) is 0 Å². The van der Waals surface area contributed by atoms with Gasteiger partial charge in [0, 0.05) is 38.2 Å². The van der Waals surface area contributed by atoms with Gasteiger partial charge in [-0.05, 0) is 44.9 Å². The fourth-order valence-corrected chi connectivity index (χ4v) is 3.79. The Morgan fingerprint density at radius 1 is 1.27 bits per heavy atom. The van der Waals surface area contributed by atoms with Crippen molar-refractivity contribution < 1.29 is 9.26 Å². The van der Waals surface area contributed by atoms with Crippen LogP contribution in [0, 0.1) is 25.2 Å². The first kappa shape index (κ1) is 20.7. The third kappa shape index (κ3) is 5.73. The number of hydrogen-bond donors (Lipinski definition) is 2. The summed E-state index contributed by atoms with van der Waals surface area (Å²) in [4.78, 5) is 4.35. The van der Waals surface area contributed by atoms with Gasteiger partial charge in [-0.3, -0.25) is 4.99 Å². The molecule has 0 radical (unpaired) electrons. The van der Waals surface area contributed by atoms with E-state index in [1.165, 1.54) is 12.0 Å². The van der Waals surface area contributed by atoms with Gasteiger partial charge in [-0.2, -0.15) is 0 Å². The maximum atomic E-state index is 6.07. The van der Waals surface area contributed by atoms with Gasteiger partial charge in [-0.25, -0.2) is 0 Å². The summed E-state index contributed by atoms with van der Waals surface area (Å²) < 4.78 is 11.3. The Kier molecular flexibility index (Phi) is 7.50. The maximum absolute atomic E-state index is 6.07. The molecule has 2 atom stereocenters. The molecule has 0 aromatic carbocycles. The monoisotopic (exact) mass is 364 g/mol. The summed E-state index contributed by atoms with van der Waals surface area (Å²) in [6.07, 6.45) is 4.62. The van der Waals surface area contributed by atoms with E-state index in [0.29, 0.717) is 12.0 Å². The first-order valence-corrected chi connectivity index (χ1v) is 9.80. The maximum Gasteiger partial charge on any atom is 0.190 e. The zero-order valence-electron chi connectivity index (χ0n) is 17.3. The van der Waals surface area contributed by atoms with E-state index in [-0.39, 0.29) is 5.41 Å². The minimum absolute atomic E-state index is 0.165. The molecule has 2 heterocycles. The van der Waals surface area contributed by atoms with Gasteiger partial charge in [0.15, 0.2) is 5.96 Å². The predicted octanol–water partition coefficient (Wildman–Crippen LogP) is 3.23. The van der Waals surface area contributed by atoms with Gasteiger partial charge >= 0.3 is 0 Å². The number of aliphatic imine (C=N–C) groups is 1. The Morgan fingerprint density at radius 2 is 2.04 bits per heavy atom. The molecular weight excluding hydrogens is 328 g/mol. The van der Waals surface area contributed by atoms with Crippen molar-refractivity contribution in [2.45, 2.75) is 66.4 Å². The number of nitrogens with zero attached hydrogens (tertiary/aromatic N) is 2. The molecule has 2 unspecified atom stereocenters. The topological polar surface area (TPSA) is 71.7 Å². The van der Waals surface area contributed by atoms with E-state index in [9.17, 15) is 0 Å². The summed E-state index contributed by atoms with van der Waals surface area (Å²) in [7, 11) is 1.82. The number of aryl methyl sites for hydroxylation is 2. The van der Waals surface area contributed by atoms with Gasteiger partial charge in [-0.15, -0.1) is 0 Å². The Bertz CT molecular complexity index is 570. The van der Waals surface area contributed by atoms with Crippen LogP contribution in [0.2, 0.25) is 0 Å². The second-order valence-corrected chi connectivity index (χ2v) is 8.35. The van der Waals surface area contributed by atoms with Crippen LogP contribution in [-0.4, -0.2) is 44.0 Å². The highest BCUT2D eigenvalue weighted by molar-refractivity contribution is 5.79. The number of guanidine groups is 1. The van der Waals surface area contributed by atoms with E-state index in [4.69, 9.17) is 9.26 Å². The van der Waals surface area contributed by atoms with Crippen LogP contribution in [0.5, 0.6) is 0 Å². The minimum Gasteiger partial charge on any atom is -0.377 e. The van der Waals surface area contributed by atoms with Crippen LogP contribution in [0.1, 0.15) is 57.1 Å². The van der Waals surface area contributed by atoms with Gasteiger partial charge in [-0.1, -0.05) is 25.9 Å². The van der Waals surface area contributed by atoms with Crippen molar-refractivity contribution in [1.82, 2.24) is 15.8 Å². The molecule has 1 aromatic heterocycles.